The van der Waals surface area contributed by atoms with Gasteiger partial charge in [0.25, 0.3) is 0 Å². The SMILES string of the molecule is CC(C)C1=C2[C@H]3CC[C@@H]4[C@@]5(C)CC[C@H](OC(=O)CC(C)(C)C(=O)O)C(C)(C)[C@@H]5CC[C@@]4(C)[C@]3(C)CCC2(C(O)CNCC2CCC2)CC1=O. The monoisotopic (exact) mass is 681 g/mol. The van der Waals surface area contributed by atoms with E-state index in [4.69, 9.17) is 4.74 Å². The summed E-state index contributed by atoms with van der Waals surface area (Å²) in [7, 11) is 0. The maximum absolute atomic E-state index is 13.9. The van der Waals surface area contributed by atoms with Gasteiger partial charge < -0.3 is 20.3 Å². The molecule has 9 atom stereocenters. The first kappa shape index (κ1) is 37.0. The first-order valence-corrected chi connectivity index (χ1v) is 19.8. The van der Waals surface area contributed by atoms with Crippen molar-refractivity contribution in [3.63, 3.8) is 0 Å². The first-order chi connectivity index (χ1) is 22.7. The van der Waals surface area contributed by atoms with Crippen LogP contribution in [0, 0.1) is 62.1 Å². The van der Waals surface area contributed by atoms with Crippen LogP contribution in [0.25, 0.3) is 0 Å². The molecule has 0 radical (unpaired) electrons. The predicted octanol–water partition coefficient (Wildman–Crippen LogP) is 8.13. The van der Waals surface area contributed by atoms with Gasteiger partial charge in [0.1, 0.15) is 6.10 Å². The maximum Gasteiger partial charge on any atom is 0.309 e. The minimum Gasteiger partial charge on any atom is -0.481 e. The van der Waals surface area contributed by atoms with E-state index in [0.29, 0.717) is 30.7 Å². The fraction of sp³-hybridized carbons (Fsp3) is 0.881. The summed E-state index contributed by atoms with van der Waals surface area (Å²) in [5.74, 6) is 0.977. The molecule has 276 valence electrons. The molecule has 0 heterocycles. The van der Waals surface area contributed by atoms with Gasteiger partial charge >= 0.3 is 11.9 Å². The third-order valence-corrected chi connectivity index (χ3v) is 16.5. The number of esters is 1. The molecule has 0 aromatic rings. The van der Waals surface area contributed by atoms with E-state index >= 15 is 0 Å². The molecular formula is C42H67NO6. The van der Waals surface area contributed by atoms with Crippen LogP contribution >= 0.6 is 0 Å². The number of carbonyl (C=O) groups excluding carboxylic acids is 2. The molecular weight excluding hydrogens is 614 g/mol. The molecule has 0 aromatic heterocycles. The zero-order valence-corrected chi connectivity index (χ0v) is 32.2. The molecule has 0 saturated heterocycles. The smallest absolute Gasteiger partial charge is 0.309 e. The number of carboxylic acids is 1. The number of hydrogen-bond acceptors (Lipinski definition) is 6. The number of nitrogens with one attached hydrogen (secondary N) is 1. The van der Waals surface area contributed by atoms with Gasteiger partial charge in [0.2, 0.25) is 0 Å². The summed E-state index contributed by atoms with van der Waals surface area (Å²) in [6.45, 7) is 21.3. The number of fused-ring (bicyclic) bond motifs is 7. The maximum atomic E-state index is 13.9. The van der Waals surface area contributed by atoms with Crippen LogP contribution < -0.4 is 5.32 Å². The molecule has 0 bridgehead atoms. The molecule has 5 fully saturated rings. The molecule has 0 aliphatic heterocycles. The molecule has 6 aliphatic carbocycles. The van der Waals surface area contributed by atoms with Crippen molar-refractivity contribution in [2.75, 3.05) is 13.1 Å². The first-order valence-electron chi connectivity index (χ1n) is 19.8. The Morgan fingerprint density at radius 1 is 0.918 bits per heavy atom. The van der Waals surface area contributed by atoms with E-state index < -0.39 is 28.9 Å². The molecule has 0 spiro atoms. The van der Waals surface area contributed by atoms with E-state index in [1.54, 1.807) is 13.8 Å². The van der Waals surface area contributed by atoms with Gasteiger partial charge in [-0.05, 0) is 136 Å². The highest BCUT2D eigenvalue weighted by atomic mass is 16.5. The van der Waals surface area contributed by atoms with E-state index in [1.165, 1.54) is 24.8 Å². The highest BCUT2D eigenvalue weighted by molar-refractivity contribution is 6.00. The molecule has 0 aromatic carbocycles. The van der Waals surface area contributed by atoms with Crippen LogP contribution in [-0.4, -0.2) is 53.2 Å². The van der Waals surface area contributed by atoms with Crippen LogP contribution in [-0.2, 0) is 19.1 Å². The van der Waals surface area contributed by atoms with Gasteiger partial charge in [0.05, 0.1) is 17.9 Å². The number of allylic oxidation sites excluding steroid dienone is 1. The summed E-state index contributed by atoms with van der Waals surface area (Å²) in [6, 6.07) is 0. The lowest BCUT2D eigenvalue weighted by molar-refractivity contribution is -0.235. The number of carboxylic acid groups (broad SMARTS) is 1. The lowest BCUT2D eigenvalue weighted by Crippen LogP contribution is -2.66. The van der Waals surface area contributed by atoms with Crippen molar-refractivity contribution >= 4 is 17.7 Å². The zero-order valence-electron chi connectivity index (χ0n) is 32.2. The Morgan fingerprint density at radius 2 is 1.61 bits per heavy atom. The average Bonchev–Trinajstić information content (AvgIpc) is 3.29. The van der Waals surface area contributed by atoms with Gasteiger partial charge in [-0.2, -0.15) is 0 Å². The van der Waals surface area contributed by atoms with Crippen LogP contribution in [0.4, 0.5) is 0 Å². The summed E-state index contributed by atoms with van der Waals surface area (Å²) < 4.78 is 6.16. The lowest BCUT2D eigenvalue weighted by atomic mass is 9.33. The Kier molecular flexibility index (Phi) is 9.41. The number of aliphatic hydroxyl groups is 1. The molecule has 49 heavy (non-hydrogen) atoms. The fourth-order valence-electron chi connectivity index (χ4n) is 13.2. The van der Waals surface area contributed by atoms with Crippen molar-refractivity contribution in [2.24, 2.45) is 62.1 Å². The van der Waals surface area contributed by atoms with Crippen molar-refractivity contribution in [3.05, 3.63) is 11.1 Å². The van der Waals surface area contributed by atoms with E-state index in [1.807, 2.05) is 0 Å². The molecule has 6 rings (SSSR count). The minimum atomic E-state index is -1.15. The molecule has 2 unspecified atom stereocenters. The minimum absolute atomic E-state index is 0.0302. The number of aliphatic hydroxyl groups excluding tert-OH is 1. The van der Waals surface area contributed by atoms with E-state index in [-0.39, 0.29) is 45.9 Å². The van der Waals surface area contributed by atoms with Crippen molar-refractivity contribution in [3.8, 4) is 0 Å². The summed E-state index contributed by atoms with van der Waals surface area (Å²) in [5, 5.41) is 25.3. The number of Topliss-reactive ketones (excluding diaryl/α,β-unsaturated/α-hetero) is 1. The molecule has 7 nitrogen and oxygen atoms in total. The number of carbonyl (C=O) groups is 3. The van der Waals surface area contributed by atoms with Crippen LogP contribution in [0.3, 0.4) is 0 Å². The summed E-state index contributed by atoms with van der Waals surface area (Å²) in [6.07, 6.45) is 11.5. The van der Waals surface area contributed by atoms with Crippen molar-refractivity contribution in [1.29, 1.82) is 0 Å². The summed E-state index contributed by atoms with van der Waals surface area (Å²) >= 11 is 0. The largest absolute Gasteiger partial charge is 0.481 e. The Labute approximate surface area is 296 Å². The second-order valence-corrected chi connectivity index (χ2v) is 20.0. The second-order valence-electron chi connectivity index (χ2n) is 20.0. The summed E-state index contributed by atoms with van der Waals surface area (Å²) in [4.78, 5) is 38.7. The van der Waals surface area contributed by atoms with Crippen LogP contribution in [0.15, 0.2) is 11.1 Å². The predicted molar refractivity (Wildman–Crippen MR) is 192 cm³/mol. The molecule has 6 aliphatic rings. The van der Waals surface area contributed by atoms with Gasteiger partial charge in [-0.15, -0.1) is 0 Å². The highest BCUT2D eigenvalue weighted by Crippen LogP contribution is 2.77. The second kappa shape index (κ2) is 12.5. The van der Waals surface area contributed by atoms with Crippen molar-refractivity contribution in [1.82, 2.24) is 5.32 Å². The highest BCUT2D eigenvalue weighted by Gasteiger charge is 2.70. The topological polar surface area (TPSA) is 113 Å². The lowest BCUT2D eigenvalue weighted by Gasteiger charge is -2.72. The van der Waals surface area contributed by atoms with Gasteiger partial charge in [0.15, 0.2) is 5.78 Å². The third-order valence-electron chi connectivity index (χ3n) is 16.5. The number of ether oxygens (including phenoxy) is 1. The third kappa shape index (κ3) is 5.60. The van der Waals surface area contributed by atoms with Crippen molar-refractivity contribution in [2.45, 2.75) is 158 Å². The van der Waals surface area contributed by atoms with Crippen molar-refractivity contribution < 1.29 is 29.3 Å². The number of aliphatic carboxylic acids is 1. The molecule has 5 saturated carbocycles. The molecule has 7 heteroatoms. The summed E-state index contributed by atoms with van der Waals surface area (Å²) in [5.41, 5.74) is 0.760. The van der Waals surface area contributed by atoms with Crippen LogP contribution in [0.1, 0.15) is 146 Å². The van der Waals surface area contributed by atoms with Crippen LogP contribution in [0.5, 0.6) is 0 Å². The number of hydrogen-bond donors (Lipinski definition) is 3. The Hall–Kier alpha value is -1.73. The Morgan fingerprint density at radius 3 is 2.22 bits per heavy atom. The Balaban J connectivity index is 1.26. The average molecular weight is 682 g/mol. The van der Waals surface area contributed by atoms with E-state index in [9.17, 15) is 24.6 Å². The van der Waals surface area contributed by atoms with E-state index in [0.717, 1.165) is 69.4 Å². The van der Waals surface area contributed by atoms with E-state index in [2.05, 4.69) is 53.8 Å². The number of rotatable bonds is 10. The van der Waals surface area contributed by atoms with Crippen LogP contribution in [0.2, 0.25) is 0 Å². The van der Waals surface area contributed by atoms with Gasteiger partial charge in [0, 0.05) is 23.8 Å². The standard InChI is InChI=1S/C42H67NO6/c1-25(2)34-28(44)21-42(31(45)24-43-23-26-11-10-12-26)20-19-40(8)27(35(34)42)13-14-30-39(7)17-16-32(49-33(46)22-37(3,4)36(47)48)38(5,6)29(39)15-18-41(30,40)9/h25-27,29-32,43,45H,10-24H2,1-9H3,(H,47,48)/t27-,29+,30-,31?,32+,39+,40-,41-,42?/m1/s1. The van der Waals surface area contributed by atoms with Gasteiger partial charge in [-0.25, -0.2) is 0 Å². The van der Waals surface area contributed by atoms with Gasteiger partial charge in [-0.3, -0.25) is 14.4 Å². The normalized spacial score (nSPS) is 40.9. The molecule has 0 amide bonds. The molecule has 3 N–H and O–H groups in total. The zero-order chi connectivity index (χ0) is 35.9. The Bertz CT molecular complexity index is 1380. The fourth-order valence-corrected chi connectivity index (χ4v) is 13.2. The number of ketones is 1. The quantitative estimate of drug-likeness (QED) is 0.200. The van der Waals surface area contributed by atoms with Gasteiger partial charge in [-0.1, -0.05) is 60.5 Å².